The molecule has 0 spiro atoms. The van der Waals surface area contributed by atoms with E-state index in [-0.39, 0.29) is 17.7 Å². The molecule has 21 heavy (non-hydrogen) atoms. The van der Waals surface area contributed by atoms with E-state index in [1.807, 2.05) is 0 Å². The highest BCUT2D eigenvalue weighted by molar-refractivity contribution is 6.03. The van der Waals surface area contributed by atoms with Gasteiger partial charge in [0.2, 0.25) is 5.54 Å². The zero-order valence-electron chi connectivity index (χ0n) is 12.1. The minimum absolute atomic E-state index is 0.0232. The molecule has 0 aliphatic carbocycles. The first-order chi connectivity index (χ1) is 9.79. The first-order valence-electron chi connectivity index (χ1n) is 6.37. The highest BCUT2D eigenvalue weighted by atomic mass is 16.6. The van der Waals surface area contributed by atoms with E-state index in [0.29, 0.717) is 0 Å². The molecular formula is C14H17NO6. The second-order valence-corrected chi connectivity index (χ2v) is 4.91. The smallest absolute Gasteiger partial charge is 0.339 e. The van der Waals surface area contributed by atoms with Gasteiger partial charge >= 0.3 is 11.9 Å². The van der Waals surface area contributed by atoms with Gasteiger partial charge in [0.1, 0.15) is 0 Å². The molecule has 0 bridgehead atoms. The maximum absolute atomic E-state index is 12.0. The third kappa shape index (κ3) is 4.27. The second-order valence-electron chi connectivity index (χ2n) is 4.91. The Hall–Kier alpha value is -2.44. The van der Waals surface area contributed by atoms with Crippen LogP contribution in [-0.2, 0) is 9.47 Å². The van der Waals surface area contributed by atoms with Crippen LogP contribution in [0.3, 0.4) is 0 Å². The molecule has 0 aliphatic heterocycles. The summed E-state index contributed by atoms with van der Waals surface area (Å²) in [5, 5.41) is 10.8. The lowest BCUT2D eigenvalue weighted by molar-refractivity contribution is -0.563. The van der Waals surface area contributed by atoms with Crippen molar-refractivity contribution < 1.29 is 24.0 Å². The number of nitro groups is 1. The van der Waals surface area contributed by atoms with Crippen molar-refractivity contribution in [3.8, 4) is 0 Å². The normalized spacial score (nSPS) is 10.8. The van der Waals surface area contributed by atoms with Crippen LogP contribution in [0.2, 0.25) is 0 Å². The van der Waals surface area contributed by atoms with Gasteiger partial charge in [0.25, 0.3) is 0 Å². The molecule has 0 heterocycles. The fourth-order valence-corrected chi connectivity index (χ4v) is 1.42. The fourth-order valence-electron chi connectivity index (χ4n) is 1.42. The predicted molar refractivity (Wildman–Crippen MR) is 73.8 cm³/mol. The molecule has 0 unspecified atom stereocenters. The summed E-state index contributed by atoms with van der Waals surface area (Å²) in [5.74, 6) is -1.44. The van der Waals surface area contributed by atoms with Crippen molar-refractivity contribution in [2.45, 2.75) is 26.3 Å². The number of esters is 2. The van der Waals surface area contributed by atoms with Gasteiger partial charge < -0.3 is 9.47 Å². The molecule has 0 aliphatic rings. The molecular weight excluding hydrogens is 278 g/mol. The first kappa shape index (κ1) is 16.6. The van der Waals surface area contributed by atoms with Crippen molar-refractivity contribution in [1.29, 1.82) is 0 Å². The minimum Gasteiger partial charge on any atom is -0.462 e. The van der Waals surface area contributed by atoms with Gasteiger partial charge in [0.15, 0.2) is 6.61 Å². The van der Waals surface area contributed by atoms with E-state index in [0.717, 1.165) is 0 Å². The van der Waals surface area contributed by atoms with Gasteiger partial charge in [0.05, 0.1) is 17.7 Å². The second kappa shape index (κ2) is 6.83. The van der Waals surface area contributed by atoms with Crippen molar-refractivity contribution in [1.82, 2.24) is 0 Å². The zero-order valence-corrected chi connectivity index (χ0v) is 12.1. The Morgan fingerprint density at radius 1 is 1.14 bits per heavy atom. The Morgan fingerprint density at radius 3 is 2.05 bits per heavy atom. The Labute approximate surface area is 122 Å². The lowest BCUT2D eigenvalue weighted by Crippen LogP contribution is -2.37. The number of carbonyl (C=O) groups excluding carboxylic acids is 2. The van der Waals surface area contributed by atoms with Crippen molar-refractivity contribution in [3.05, 3.63) is 45.5 Å². The van der Waals surface area contributed by atoms with Gasteiger partial charge in [-0.15, -0.1) is 0 Å². The van der Waals surface area contributed by atoms with Crippen LogP contribution in [0.4, 0.5) is 0 Å². The first-order valence-corrected chi connectivity index (χ1v) is 6.37. The van der Waals surface area contributed by atoms with E-state index in [1.165, 1.54) is 26.0 Å². The Kier molecular flexibility index (Phi) is 5.40. The van der Waals surface area contributed by atoms with Gasteiger partial charge in [-0.25, -0.2) is 9.59 Å². The standard InChI is InChI=1S/C14H17NO6/c1-4-20-12(16)10-7-5-6-8-11(10)13(17)21-9-14(2,3)15(18)19/h5-8H,4,9H2,1-3H3. The van der Waals surface area contributed by atoms with Crippen molar-refractivity contribution >= 4 is 11.9 Å². The number of ether oxygens (including phenoxy) is 2. The minimum atomic E-state index is -1.39. The zero-order chi connectivity index (χ0) is 16.0. The molecule has 0 fully saturated rings. The molecule has 0 amide bonds. The average molecular weight is 295 g/mol. The Bertz CT molecular complexity index is 552. The maximum Gasteiger partial charge on any atom is 0.339 e. The summed E-state index contributed by atoms with van der Waals surface area (Å²) in [4.78, 5) is 34.0. The van der Waals surface area contributed by atoms with Crippen LogP contribution in [0.25, 0.3) is 0 Å². The molecule has 0 aromatic heterocycles. The van der Waals surface area contributed by atoms with E-state index in [4.69, 9.17) is 9.47 Å². The van der Waals surface area contributed by atoms with E-state index >= 15 is 0 Å². The fraction of sp³-hybridized carbons (Fsp3) is 0.429. The third-order valence-electron chi connectivity index (χ3n) is 2.69. The quantitative estimate of drug-likeness (QED) is 0.453. The van der Waals surface area contributed by atoms with Crippen LogP contribution in [0, 0.1) is 10.1 Å². The molecule has 0 atom stereocenters. The van der Waals surface area contributed by atoms with Crippen LogP contribution in [-0.4, -0.2) is 35.6 Å². The van der Waals surface area contributed by atoms with Gasteiger partial charge in [-0.2, -0.15) is 0 Å². The number of hydrogen-bond donors (Lipinski definition) is 0. The van der Waals surface area contributed by atoms with E-state index in [2.05, 4.69) is 0 Å². The third-order valence-corrected chi connectivity index (χ3v) is 2.69. The van der Waals surface area contributed by atoms with E-state index in [9.17, 15) is 19.7 Å². The number of rotatable bonds is 6. The van der Waals surface area contributed by atoms with Crippen molar-refractivity contribution in [3.63, 3.8) is 0 Å². The molecule has 0 saturated heterocycles. The number of benzene rings is 1. The largest absolute Gasteiger partial charge is 0.462 e. The lowest BCUT2D eigenvalue weighted by Gasteiger charge is -2.16. The summed E-state index contributed by atoms with van der Waals surface area (Å²) in [5.41, 5.74) is -1.30. The van der Waals surface area contributed by atoms with Crippen LogP contribution in [0.5, 0.6) is 0 Å². The van der Waals surface area contributed by atoms with Gasteiger partial charge in [-0.1, -0.05) is 12.1 Å². The maximum atomic E-state index is 12.0. The van der Waals surface area contributed by atoms with Crippen LogP contribution < -0.4 is 0 Å². The van der Waals surface area contributed by atoms with Crippen LogP contribution >= 0.6 is 0 Å². The van der Waals surface area contributed by atoms with E-state index in [1.54, 1.807) is 19.1 Å². The van der Waals surface area contributed by atoms with Crippen molar-refractivity contribution in [2.75, 3.05) is 13.2 Å². The molecule has 0 N–H and O–H groups in total. The van der Waals surface area contributed by atoms with Crippen LogP contribution in [0.15, 0.2) is 24.3 Å². The number of carbonyl (C=O) groups is 2. The van der Waals surface area contributed by atoms with Gasteiger partial charge in [-0.05, 0) is 19.1 Å². The number of nitrogens with zero attached hydrogens (tertiary/aromatic N) is 1. The van der Waals surface area contributed by atoms with Crippen molar-refractivity contribution in [2.24, 2.45) is 0 Å². The topological polar surface area (TPSA) is 95.7 Å². The SMILES string of the molecule is CCOC(=O)c1ccccc1C(=O)OCC(C)(C)[N+](=O)[O-]. The predicted octanol–water partition coefficient (Wildman–Crippen LogP) is 2.08. The molecule has 0 saturated carbocycles. The molecule has 1 aromatic rings. The molecule has 0 radical (unpaired) electrons. The summed E-state index contributed by atoms with van der Waals surface area (Å²) in [6.45, 7) is 4.13. The highest BCUT2D eigenvalue weighted by Gasteiger charge is 2.33. The lowest BCUT2D eigenvalue weighted by atomic mass is 10.1. The molecule has 114 valence electrons. The highest BCUT2D eigenvalue weighted by Crippen LogP contribution is 2.14. The monoisotopic (exact) mass is 295 g/mol. The van der Waals surface area contributed by atoms with Gasteiger partial charge in [-0.3, -0.25) is 10.1 Å². The molecule has 1 aromatic carbocycles. The average Bonchev–Trinajstić information content (AvgIpc) is 2.45. The summed E-state index contributed by atoms with van der Waals surface area (Å²) < 4.78 is 9.78. The summed E-state index contributed by atoms with van der Waals surface area (Å²) in [6, 6.07) is 6.00. The summed E-state index contributed by atoms with van der Waals surface area (Å²) in [7, 11) is 0. The summed E-state index contributed by atoms with van der Waals surface area (Å²) in [6.07, 6.45) is 0. The van der Waals surface area contributed by atoms with Crippen LogP contribution in [0.1, 0.15) is 41.5 Å². The number of hydrogen-bond acceptors (Lipinski definition) is 6. The molecule has 1 rings (SSSR count). The molecule has 7 nitrogen and oxygen atoms in total. The Balaban J connectivity index is 2.88. The molecule has 7 heteroatoms. The Morgan fingerprint density at radius 2 is 1.62 bits per heavy atom. The summed E-state index contributed by atoms with van der Waals surface area (Å²) >= 11 is 0. The van der Waals surface area contributed by atoms with Gasteiger partial charge in [0, 0.05) is 18.8 Å². The van der Waals surface area contributed by atoms with E-state index < -0.39 is 29.0 Å².